The first kappa shape index (κ1) is 16.0. The van der Waals surface area contributed by atoms with E-state index in [0.29, 0.717) is 0 Å². The van der Waals surface area contributed by atoms with Gasteiger partial charge in [0.1, 0.15) is 0 Å². The molecule has 1 amide bonds. The average Bonchev–Trinajstić information content (AvgIpc) is 2.42. The van der Waals surface area contributed by atoms with Gasteiger partial charge in [-0.2, -0.15) is 11.8 Å². The Morgan fingerprint density at radius 1 is 1.42 bits per heavy atom. The van der Waals surface area contributed by atoms with Crippen molar-refractivity contribution in [3.05, 3.63) is 35.9 Å². The molecule has 4 nitrogen and oxygen atoms in total. The van der Waals surface area contributed by atoms with Crippen LogP contribution >= 0.6 is 11.8 Å². The van der Waals surface area contributed by atoms with Crippen molar-refractivity contribution >= 4 is 17.7 Å². The van der Waals surface area contributed by atoms with Crippen molar-refractivity contribution in [3.8, 4) is 0 Å². The largest absolute Gasteiger partial charge is 0.395 e. The molecule has 0 aliphatic heterocycles. The van der Waals surface area contributed by atoms with E-state index < -0.39 is 6.10 Å². The number of rotatable bonds is 7. The number of amides is 1. The first-order valence-electron chi connectivity index (χ1n) is 6.15. The normalized spacial score (nSPS) is 15.6. The van der Waals surface area contributed by atoms with Crippen molar-refractivity contribution in [1.29, 1.82) is 0 Å². The summed E-state index contributed by atoms with van der Waals surface area (Å²) in [6.07, 6.45) is 1.29. The molecular weight excluding hydrogens is 262 g/mol. The molecule has 0 saturated heterocycles. The molecule has 0 spiro atoms. The molecule has 1 aromatic rings. The van der Waals surface area contributed by atoms with Crippen molar-refractivity contribution in [2.45, 2.75) is 24.3 Å². The first-order chi connectivity index (χ1) is 9.13. The molecule has 106 valence electrons. The van der Waals surface area contributed by atoms with Gasteiger partial charge in [0.2, 0.25) is 0 Å². The fraction of sp³-hybridized carbons (Fsp3) is 0.500. The maximum absolute atomic E-state index is 12.2. The number of thioether (sulfide) groups is 1. The lowest BCUT2D eigenvalue weighted by Gasteiger charge is -2.24. The fourth-order valence-electron chi connectivity index (χ4n) is 1.85. The predicted molar refractivity (Wildman–Crippen MR) is 78.2 cm³/mol. The SMILES string of the molecule is COC(C(=O)NC(C)C(CO)SC)c1ccccc1. The molecule has 0 bridgehead atoms. The van der Waals surface area contributed by atoms with Crippen LogP contribution < -0.4 is 5.32 Å². The highest BCUT2D eigenvalue weighted by Crippen LogP contribution is 2.18. The van der Waals surface area contributed by atoms with Crippen molar-refractivity contribution in [2.24, 2.45) is 0 Å². The van der Waals surface area contributed by atoms with E-state index in [4.69, 9.17) is 4.74 Å². The summed E-state index contributed by atoms with van der Waals surface area (Å²) in [6.45, 7) is 1.92. The third-order valence-electron chi connectivity index (χ3n) is 2.99. The van der Waals surface area contributed by atoms with E-state index >= 15 is 0 Å². The lowest BCUT2D eigenvalue weighted by atomic mass is 10.1. The van der Waals surface area contributed by atoms with E-state index in [9.17, 15) is 9.90 Å². The van der Waals surface area contributed by atoms with Gasteiger partial charge in [-0.15, -0.1) is 0 Å². The molecule has 1 rings (SSSR count). The second-order valence-electron chi connectivity index (χ2n) is 4.28. The van der Waals surface area contributed by atoms with Gasteiger partial charge in [-0.25, -0.2) is 0 Å². The Labute approximate surface area is 118 Å². The minimum Gasteiger partial charge on any atom is -0.395 e. The molecule has 0 saturated carbocycles. The zero-order chi connectivity index (χ0) is 14.3. The van der Waals surface area contributed by atoms with Crippen LogP contribution in [0.3, 0.4) is 0 Å². The second kappa shape index (κ2) is 8.19. The molecule has 0 aromatic heterocycles. The quantitative estimate of drug-likeness (QED) is 0.798. The van der Waals surface area contributed by atoms with Crippen molar-refractivity contribution in [2.75, 3.05) is 20.0 Å². The van der Waals surface area contributed by atoms with Crippen LogP contribution in [-0.2, 0) is 9.53 Å². The summed E-state index contributed by atoms with van der Waals surface area (Å²) in [4.78, 5) is 12.2. The van der Waals surface area contributed by atoms with Crippen molar-refractivity contribution < 1.29 is 14.6 Å². The third-order valence-corrected chi connectivity index (χ3v) is 4.15. The number of benzene rings is 1. The van der Waals surface area contributed by atoms with Crippen LogP contribution in [0.5, 0.6) is 0 Å². The summed E-state index contributed by atoms with van der Waals surface area (Å²) >= 11 is 1.53. The third kappa shape index (κ3) is 4.53. The molecular formula is C14H21NO3S. The van der Waals surface area contributed by atoms with Crippen LogP contribution in [0.25, 0.3) is 0 Å². The highest BCUT2D eigenvalue weighted by molar-refractivity contribution is 7.99. The number of nitrogens with one attached hydrogen (secondary N) is 1. The first-order valence-corrected chi connectivity index (χ1v) is 7.44. The van der Waals surface area contributed by atoms with Crippen LogP contribution in [0.15, 0.2) is 30.3 Å². The van der Waals surface area contributed by atoms with Crippen LogP contribution in [0, 0.1) is 0 Å². The van der Waals surface area contributed by atoms with Gasteiger partial charge < -0.3 is 15.2 Å². The molecule has 3 atom stereocenters. The summed E-state index contributed by atoms with van der Waals surface area (Å²) in [7, 11) is 1.51. The van der Waals surface area contributed by atoms with Gasteiger partial charge in [0.15, 0.2) is 6.10 Å². The number of carbonyl (C=O) groups excluding carboxylic acids is 1. The fourth-order valence-corrected chi connectivity index (χ4v) is 2.48. The lowest BCUT2D eigenvalue weighted by Crippen LogP contribution is -2.43. The number of methoxy groups -OCH3 is 1. The monoisotopic (exact) mass is 283 g/mol. The van der Waals surface area contributed by atoms with E-state index in [1.165, 1.54) is 18.9 Å². The molecule has 0 radical (unpaired) electrons. The maximum atomic E-state index is 12.2. The number of ether oxygens (including phenoxy) is 1. The van der Waals surface area contributed by atoms with Gasteiger partial charge in [-0.3, -0.25) is 4.79 Å². The van der Waals surface area contributed by atoms with Gasteiger partial charge in [0, 0.05) is 18.4 Å². The van der Waals surface area contributed by atoms with Gasteiger partial charge >= 0.3 is 0 Å². The predicted octanol–water partition coefficient (Wildman–Crippen LogP) is 1.60. The molecule has 5 heteroatoms. The Morgan fingerprint density at radius 3 is 2.53 bits per heavy atom. The minimum absolute atomic E-state index is 0.0165. The summed E-state index contributed by atoms with van der Waals surface area (Å²) in [5.74, 6) is -0.186. The number of hydrogen-bond donors (Lipinski definition) is 2. The Hall–Kier alpha value is -1.04. The van der Waals surface area contributed by atoms with Crippen LogP contribution in [0.1, 0.15) is 18.6 Å². The highest BCUT2D eigenvalue weighted by atomic mass is 32.2. The number of carbonyl (C=O) groups is 1. The van der Waals surface area contributed by atoms with Gasteiger partial charge in [0.25, 0.3) is 5.91 Å². The zero-order valence-electron chi connectivity index (χ0n) is 11.5. The maximum Gasteiger partial charge on any atom is 0.253 e. The summed E-state index contributed by atoms with van der Waals surface area (Å²) < 4.78 is 5.26. The highest BCUT2D eigenvalue weighted by Gasteiger charge is 2.24. The summed E-state index contributed by atoms with van der Waals surface area (Å²) in [5, 5.41) is 12.1. The summed E-state index contributed by atoms with van der Waals surface area (Å²) in [5.41, 5.74) is 0.819. The molecule has 19 heavy (non-hydrogen) atoms. The Morgan fingerprint density at radius 2 is 2.05 bits per heavy atom. The van der Waals surface area contributed by atoms with E-state index in [1.807, 2.05) is 43.5 Å². The minimum atomic E-state index is -0.621. The van der Waals surface area contributed by atoms with E-state index in [2.05, 4.69) is 5.32 Å². The average molecular weight is 283 g/mol. The van der Waals surface area contributed by atoms with Gasteiger partial charge in [-0.1, -0.05) is 30.3 Å². The standard InChI is InChI=1S/C14H21NO3S/c1-10(12(9-16)19-3)15-14(17)13(18-2)11-7-5-4-6-8-11/h4-8,10,12-13,16H,9H2,1-3H3,(H,15,17). The molecule has 0 aliphatic rings. The van der Waals surface area contributed by atoms with Crippen molar-refractivity contribution in [1.82, 2.24) is 5.32 Å². The van der Waals surface area contributed by atoms with E-state index in [1.54, 1.807) is 0 Å². The lowest BCUT2D eigenvalue weighted by molar-refractivity contribution is -0.132. The molecule has 0 fully saturated rings. The topological polar surface area (TPSA) is 58.6 Å². The molecule has 0 heterocycles. The van der Waals surface area contributed by atoms with E-state index in [-0.39, 0.29) is 23.8 Å². The molecule has 3 unspecified atom stereocenters. The van der Waals surface area contributed by atoms with E-state index in [0.717, 1.165) is 5.56 Å². The van der Waals surface area contributed by atoms with Crippen molar-refractivity contribution in [3.63, 3.8) is 0 Å². The summed E-state index contributed by atoms with van der Waals surface area (Å²) in [6, 6.07) is 9.24. The zero-order valence-corrected chi connectivity index (χ0v) is 12.3. The Balaban J connectivity index is 2.70. The van der Waals surface area contributed by atoms with Crippen LogP contribution in [-0.4, -0.2) is 42.3 Å². The number of aliphatic hydroxyl groups excluding tert-OH is 1. The van der Waals surface area contributed by atoms with Gasteiger partial charge in [-0.05, 0) is 18.7 Å². The van der Waals surface area contributed by atoms with Gasteiger partial charge in [0.05, 0.1) is 6.61 Å². The van der Waals surface area contributed by atoms with Crippen LogP contribution in [0.4, 0.5) is 0 Å². The number of aliphatic hydroxyl groups is 1. The second-order valence-corrected chi connectivity index (χ2v) is 5.36. The molecule has 2 N–H and O–H groups in total. The Bertz CT molecular complexity index is 382. The number of hydrogen-bond acceptors (Lipinski definition) is 4. The Kier molecular flexibility index (Phi) is 6.91. The molecule has 1 aromatic carbocycles. The van der Waals surface area contributed by atoms with Crippen LogP contribution in [0.2, 0.25) is 0 Å². The molecule has 0 aliphatic carbocycles. The smallest absolute Gasteiger partial charge is 0.253 e.